The van der Waals surface area contributed by atoms with Crippen LogP contribution in [0.15, 0.2) is 40.5 Å². The molecule has 0 saturated heterocycles. The predicted octanol–water partition coefficient (Wildman–Crippen LogP) is 4.72. The number of hydrogen-bond donors (Lipinski definition) is 2. The zero-order valence-corrected chi connectivity index (χ0v) is 14.9. The monoisotopic (exact) mass is 385 g/mol. The number of carbonyl (C=O) groups is 1. The van der Waals surface area contributed by atoms with Crippen LogP contribution >= 0.6 is 0 Å². The first-order chi connectivity index (χ1) is 12.8. The third-order valence-corrected chi connectivity index (χ3v) is 4.33. The summed E-state index contributed by atoms with van der Waals surface area (Å²) >= 11 is 0. The molecule has 1 amide bonds. The van der Waals surface area contributed by atoms with Crippen LogP contribution in [-0.2, 0) is 4.79 Å². The van der Waals surface area contributed by atoms with Gasteiger partial charge in [0, 0.05) is 24.3 Å². The first-order valence-electron chi connectivity index (χ1n) is 8.93. The number of rotatable bonds is 6. The van der Waals surface area contributed by atoms with Gasteiger partial charge in [-0.1, -0.05) is 12.1 Å². The van der Waals surface area contributed by atoms with Crippen LogP contribution in [0.4, 0.5) is 23.2 Å². The second kappa shape index (κ2) is 9.53. The molecular weight excluding hydrogens is 362 g/mol. The van der Waals surface area contributed by atoms with Crippen molar-refractivity contribution in [1.82, 2.24) is 0 Å². The largest absolute Gasteiger partial charge is 0.431 e. The third-order valence-electron chi connectivity index (χ3n) is 4.33. The van der Waals surface area contributed by atoms with Gasteiger partial charge in [-0.2, -0.15) is 13.2 Å². The molecule has 1 aromatic rings. The normalized spacial score (nSPS) is 18.4. The van der Waals surface area contributed by atoms with Crippen LogP contribution in [0.1, 0.15) is 44.9 Å². The molecule has 3 N–H and O–H groups in total. The highest BCUT2D eigenvalue weighted by Crippen LogP contribution is 2.30. The van der Waals surface area contributed by atoms with Gasteiger partial charge in [0.25, 0.3) is 0 Å². The minimum Gasteiger partial charge on any atom is -0.394 e. The Morgan fingerprint density at radius 2 is 1.85 bits per heavy atom. The Balaban J connectivity index is 1.82. The van der Waals surface area contributed by atoms with E-state index < -0.39 is 17.7 Å². The number of nitrogens with one attached hydrogen (secondary N) is 1. The van der Waals surface area contributed by atoms with Gasteiger partial charge < -0.3 is 11.1 Å². The number of para-hydroxylation sites is 1. The van der Waals surface area contributed by atoms with E-state index in [1.54, 1.807) is 6.07 Å². The second-order valence-electron chi connectivity index (χ2n) is 6.41. The van der Waals surface area contributed by atoms with Crippen LogP contribution in [0.5, 0.6) is 0 Å². The standard InChI is InChI=1S/C19H23F4N3O/c20-14-8-2-4-10-16(14)26-17(27)11-5-6-12-25-15-9-3-1-7-13(15)18(24)19(21,22)23/h2,4,8,10H,1,3,5-7,9,11-12,24H2,(H,26,27). The average Bonchev–Trinajstić information content (AvgIpc) is 2.62. The summed E-state index contributed by atoms with van der Waals surface area (Å²) in [6.45, 7) is 0.330. The lowest BCUT2D eigenvalue weighted by Gasteiger charge is -2.20. The van der Waals surface area contributed by atoms with E-state index in [4.69, 9.17) is 5.73 Å². The molecule has 1 aliphatic carbocycles. The molecule has 0 atom stereocenters. The highest BCUT2D eigenvalue weighted by atomic mass is 19.4. The maximum absolute atomic E-state index is 13.5. The van der Waals surface area contributed by atoms with Crippen molar-refractivity contribution in [2.45, 2.75) is 51.1 Å². The van der Waals surface area contributed by atoms with E-state index in [9.17, 15) is 22.4 Å². The third kappa shape index (κ3) is 6.37. The molecule has 2 rings (SSSR count). The minimum absolute atomic E-state index is 0.103. The van der Waals surface area contributed by atoms with Crippen LogP contribution < -0.4 is 11.1 Å². The summed E-state index contributed by atoms with van der Waals surface area (Å²) in [5.74, 6) is -0.816. The number of amides is 1. The van der Waals surface area contributed by atoms with Crippen molar-refractivity contribution in [3.63, 3.8) is 0 Å². The minimum atomic E-state index is -4.54. The fourth-order valence-corrected chi connectivity index (χ4v) is 2.91. The highest BCUT2D eigenvalue weighted by Gasteiger charge is 2.35. The summed E-state index contributed by atoms with van der Waals surface area (Å²) < 4.78 is 52.0. The summed E-state index contributed by atoms with van der Waals surface area (Å²) in [6.07, 6.45) is -1.07. The van der Waals surface area contributed by atoms with Gasteiger partial charge in [0.1, 0.15) is 11.5 Å². The number of allylic oxidation sites excluding steroid dienone is 2. The Morgan fingerprint density at radius 1 is 1.15 bits per heavy atom. The number of hydrogen-bond acceptors (Lipinski definition) is 3. The molecule has 8 heteroatoms. The lowest BCUT2D eigenvalue weighted by atomic mass is 9.91. The van der Waals surface area contributed by atoms with Crippen LogP contribution in [0.3, 0.4) is 0 Å². The van der Waals surface area contributed by atoms with E-state index in [0.29, 0.717) is 37.9 Å². The number of aliphatic imine (C=N–C) groups is 1. The van der Waals surface area contributed by atoms with Crippen molar-refractivity contribution in [1.29, 1.82) is 0 Å². The Hall–Kier alpha value is -2.38. The van der Waals surface area contributed by atoms with Crippen LogP contribution in [0.2, 0.25) is 0 Å². The van der Waals surface area contributed by atoms with Gasteiger partial charge in [-0.15, -0.1) is 0 Å². The van der Waals surface area contributed by atoms with Gasteiger partial charge in [-0.3, -0.25) is 9.79 Å². The molecule has 0 unspecified atom stereocenters. The SMILES string of the molecule is NC(=C1CCCCC1=NCCCCC(=O)Nc1ccccc1F)C(F)(F)F. The van der Waals surface area contributed by atoms with Gasteiger partial charge in [0.05, 0.1) is 5.69 Å². The summed E-state index contributed by atoms with van der Waals surface area (Å²) in [4.78, 5) is 16.1. The zero-order valence-electron chi connectivity index (χ0n) is 14.9. The topological polar surface area (TPSA) is 67.5 Å². The van der Waals surface area contributed by atoms with Crippen molar-refractivity contribution in [2.24, 2.45) is 10.7 Å². The van der Waals surface area contributed by atoms with Crippen molar-refractivity contribution < 1.29 is 22.4 Å². The summed E-state index contributed by atoms with van der Waals surface area (Å²) in [7, 11) is 0. The first-order valence-corrected chi connectivity index (χ1v) is 8.93. The van der Waals surface area contributed by atoms with E-state index in [1.807, 2.05) is 0 Å². The van der Waals surface area contributed by atoms with Crippen molar-refractivity contribution >= 4 is 17.3 Å². The Morgan fingerprint density at radius 3 is 2.56 bits per heavy atom. The highest BCUT2D eigenvalue weighted by molar-refractivity contribution is 6.01. The second-order valence-corrected chi connectivity index (χ2v) is 6.41. The molecule has 1 saturated carbocycles. The molecule has 0 radical (unpaired) electrons. The van der Waals surface area contributed by atoms with Crippen molar-refractivity contribution in [2.75, 3.05) is 11.9 Å². The molecule has 1 fully saturated rings. The molecule has 0 aromatic heterocycles. The van der Waals surface area contributed by atoms with E-state index in [0.717, 1.165) is 6.42 Å². The van der Waals surface area contributed by atoms with E-state index in [2.05, 4.69) is 10.3 Å². The number of nitrogens with zero attached hydrogens (tertiary/aromatic N) is 1. The van der Waals surface area contributed by atoms with Crippen molar-refractivity contribution in [3.8, 4) is 0 Å². The van der Waals surface area contributed by atoms with Gasteiger partial charge in [0.2, 0.25) is 5.91 Å². The molecule has 148 valence electrons. The van der Waals surface area contributed by atoms with Crippen LogP contribution in [0.25, 0.3) is 0 Å². The van der Waals surface area contributed by atoms with Gasteiger partial charge >= 0.3 is 6.18 Å². The number of nitrogens with two attached hydrogens (primary N) is 1. The van der Waals surface area contributed by atoms with Crippen molar-refractivity contribution in [3.05, 3.63) is 41.4 Å². The van der Waals surface area contributed by atoms with Gasteiger partial charge in [0.15, 0.2) is 0 Å². The summed E-state index contributed by atoms with van der Waals surface area (Å²) in [5, 5.41) is 2.49. The Bertz CT molecular complexity index is 726. The van der Waals surface area contributed by atoms with Gasteiger partial charge in [-0.05, 0) is 50.7 Å². The maximum atomic E-state index is 13.5. The predicted molar refractivity (Wildman–Crippen MR) is 96.9 cm³/mol. The van der Waals surface area contributed by atoms with Crippen LogP contribution in [0, 0.1) is 5.82 Å². The number of benzene rings is 1. The molecule has 27 heavy (non-hydrogen) atoms. The Kier molecular flexibility index (Phi) is 7.38. The maximum Gasteiger partial charge on any atom is 0.431 e. The molecule has 1 aliphatic rings. The summed E-state index contributed by atoms with van der Waals surface area (Å²) in [6, 6.07) is 5.88. The number of anilines is 1. The molecular formula is C19H23F4N3O. The number of unbranched alkanes of at least 4 members (excludes halogenated alkanes) is 1. The number of alkyl halides is 3. The lowest BCUT2D eigenvalue weighted by Crippen LogP contribution is -2.26. The number of halogens is 4. The smallest absolute Gasteiger partial charge is 0.394 e. The van der Waals surface area contributed by atoms with E-state index in [-0.39, 0.29) is 30.0 Å². The molecule has 0 aliphatic heterocycles. The number of carbonyl (C=O) groups excluding carboxylic acids is 1. The molecule has 0 spiro atoms. The first kappa shape index (κ1) is 20.9. The summed E-state index contributed by atoms with van der Waals surface area (Å²) in [5.41, 5.74) is 4.86. The molecule has 0 heterocycles. The van der Waals surface area contributed by atoms with Crippen LogP contribution in [-0.4, -0.2) is 24.3 Å². The quantitative estimate of drug-likeness (QED) is 0.549. The van der Waals surface area contributed by atoms with E-state index >= 15 is 0 Å². The molecule has 4 nitrogen and oxygen atoms in total. The fraction of sp³-hybridized carbons (Fsp3) is 0.474. The molecule has 0 bridgehead atoms. The zero-order chi connectivity index (χ0) is 19.9. The van der Waals surface area contributed by atoms with E-state index in [1.165, 1.54) is 18.2 Å². The van der Waals surface area contributed by atoms with Gasteiger partial charge in [-0.25, -0.2) is 4.39 Å². The fourth-order valence-electron chi connectivity index (χ4n) is 2.91. The molecule has 1 aromatic carbocycles. The lowest BCUT2D eigenvalue weighted by molar-refractivity contribution is -0.116. The average molecular weight is 385 g/mol. The Labute approximate surface area is 155 Å².